The largest absolute Gasteiger partial charge is 0.497 e. The Hall–Kier alpha value is -3.34. The topological polar surface area (TPSA) is 60.3 Å². The molecule has 0 unspecified atom stereocenters. The van der Waals surface area contributed by atoms with Crippen LogP contribution in [0.4, 0.5) is 5.69 Å². The summed E-state index contributed by atoms with van der Waals surface area (Å²) >= 11 is 0. The summed E-state index contributed by atoms with van der Waals surface area (Å²) < 4.78 is 6.71. The Morgan fingerprint density at radius 3 is 2.67 bits per heavy atom. The van der Waals surface area contributed by atoms with Gasteiger partial charge in [0.15, 0.2) is 0 Å². The van der Waals surface area contributed by atoms with E-state index in [-0.39, 0.29) is 11.1 Å². The van der Waals surface area contributed by atoms with Crippen LogP contribution in [0.1, 0.15) is 27.0 Å². The Balaban J connectivity index is 1.86. The average Bonchev–Trinajstić information content (AvgIpc) is 2.66. The average molecular weight is 362 g/mol. The molecule has 0 radical (unpaired) electrons. The molecule has 0 atom stereocenters. The molecule has 1 amide bonds. The van der Waals surface area contributed by atoms with Crippen molar-refractivity contribution < 1.29 is 9.53 Å². The molecular formula is C22H22N2O3. The van der Waals surface area contributed by atoms with Crippen molar-refractivity contribution in [2.24, 2.45) is 0 Å². The summed E-state index contributed by atoms with van der Waals surface area (Å²) in [6.45, 7) is 4.45. The number of pyridine rings is 1. The van der Waals surface area contributed by atoms with Crippen LogP contribution in [0, 0.1) is 13.8 Å². The Morgan fingerprint density at radius 2 is 1.89 bits per heavy atom. The van der Waals surface area contributed by atoms with Crippen molar-refractivity contribution >= 4 is 11.6 Å². The van der Waals surface area contributed by atoms with Crippen molar-refractivity contribution in [1.29, 1.82) is 0 Å². The molecule has 1 heterocycles. The number of carbonyl (C=O) groups is 1. The minimum Gasteiger partial charge on any atom is -0.497 e. The van der Waals surface area contributed by atoms with Crippen LogP contribution < -0.4 is 15.6 Å². The quantitative estimate of drug-likeness (QED) is 0.751. The summed E-state index contributed by atoms with van der Waals surface area (Å²) in [6, 6.07) is 16.4. The zero-order valence-corrected chi connectivity index (χ0v) is 15.7. The molecule has 0 saturated heterocycles. The number of benzene rings is 2. The van der Waals surface area contributed by atoms with Crippen molar-refractivity contribution in [3.63, 3.8) is 0 Å². The number of ether oxygens (including phenoxy) is 1. The molecular weight excluding hydrogens is 340 g/mol. The van der Waals surface area contributed by atoms with E-state index in [1.165, 1.54) is 6.07 Å². The first-order valence-electron chi connectivity index (χ1n) is 8.69. The first kappa shape index (κ1) is 18.5. The fraction of sp³-hybridized carbons (Fsp3) is 0.182. The third-order valence-electron chi connectivity index (χ3n) is 4.44. The van der Waals surface area contributed by atoms with Crippen molar-refractivity contribution in [3.05, 3.63) is 93.4 Å². The maximum absolute atomic E-state index is 12.8. The van der Waals surface area contributed by atoms with Crippen molar-refractivity contribution in [2.45, 2.75) is 20.4 Å². The van der Waals surface area contributed by atoms with Crippen LogP contribution in [-0.4, -0.2) is 17.6 Å². The summed E-state index contributed by atoms with van der Waals surface area (Å²) in [7, 11) is 1.56. The zero-order valence-electron chi connectivity index (χ0n) is 15.7. The van der Waals surface area contributed by atoms with E-state index >= 15 is 0 Å². The molecule has 0 saturated carbocycles. The molecule has 0 aliphatic heterocycles. The van der Waals surface area contributed by atoms with Crippen LogP contribution >= 0.6 is 0 Å². The molecule has 3 aromatic rings. The molecule has 1 aromatic heterocycles. The first-order chi connectivity index (χ1) is 13.0. The molecule has 2 aromatic carbocycles. The van der Waals surface area contributed by atoms with Gasteiger partial charge in [-0.05, 0) is 49.2 Å². The highest BCUT2D eigenvalue weighted by Gasteiger charge is 2.13. The Labute approximate surface area is 158 Å². The van der Waals surface area contributed by atoms with Gasteiger partial charge in [0, 0.05) is 18.0 Å². The van der Waals surface area contributed by atoms with Gasteiger partial charge in [-0.1, -0.05) is 29.8 Å². The molecule has 138 valence electrons. The van der Waals surface area contributed by atoms with Gasteiger partial charge in [-0.15, -0.1) is 0 Å². The molecule has 0 fully saturated rings. The van der Waals surface area contributed by atoms with E-state index in [1.807, 2.05) is 26.0 Å². The second-order valence-corrected chi connectivity index (χ2v) is 6.47. The summed E-state index contributed by atoms with van der Waals surface area (Å²) in [4.78, 5) is 25.4. The zero-order chi connectivity index (χ0) is 19.4. The number of rotatable bonds is 5. The Morgan fingerprint density at radius 1 is 1.07 bits per heavy atom. The van der Waals surface area contributed by atoms with Crippen LogP contribution in [0.25, 0.3) is 0 Å². The minimum atomic E-state index is -0.441. The summed E-state index contributed by atoms with van der Waals surface area (Å²) in [5.41, 5.74) is 3.66. The van der Waals surface area contributed by atoms with Crippen LogP contribution in [-0.2, 0) is 6.54 Å². The van der Waals surface area contributed by atoms with E-state index in [1.54, 1.807) is 48.2 Å². The van der Waals surface area contributed by atoms with Gasteiger partial charge >= 0.3 is 0 Å². The molecule has 3 rings (SSSR count). The molecule has 0 bridgehead atoms. The molecule has 5 nitrogen and oxygen atoms in total. The summed E-state index contributed by atoms with van der Waals surface area (Å²) in [6.07, 6.45) is 1.70. The Kier molecular flexibility index (Phi) is 5.41. The van der Waals surface area contributed by atoms with Gasteiger partial charge in [-0.25, -0.2) is 0 Å². The number of nitrogens with zero attached hydrogens (tertiary/aromatic N) is 1. The number of hydrogen-bond donors (Lipinski definition) is 1. The molecule has 27 heavy (non-hydrogen) atoms. The molecule has 0 aliphatic rings. The fourth-order valence-corrected chi connectivity index (χ4v) is 2.89. The summed E-state index contributed by atoms with van der Waals surface area (Å²) in [5.74, 6) is 0.191. The van der Waals surface area contributed by atoms with E-state index in [2.05, 4.69) is 11.4 Å². The third kappa shape index (κ3) is 4.26. The van der Waals surface area contributed by atoms with Crippen molar-refractivity contribution in [2.75, 3.05) is 12.4 Å². The molecule has 0 aliphatic carbocycles. The number of amides is 1. The van der Waals surface area contributed by atoms with Crippen molar-refractivity contribution in [3.8, 4) is 5.75 Å². The standard InChI is InChI=1S/C22H22N2O3/c1-15-9-10-16(2)17(12-15)14-24-11-5-8-20(22(24)26)21(25)23-18-6-4-7-19(13-18)27-3/h4-13H,14H2,1-3H3,(H,23,25). The molecule has 0 spiro atoms. The van der Waals surface area contributed by atoms with Crippen LogP contribution in [0.5, 0.6) is 5.75 Å². The minimum absolute atomic E-state index is 0.102. The third-order valence-corrected chi connectivity index (χ3v) is 4.44. The van der Waals surface area contributed by atoms with Gasteiger partial charge in [-0.2, -0.15) is 0 Å². The highest BCUT2D eigenvalue weighted by Crippen LogP contribution is 2.17. The van der Waals surface area contributed by atoms with Gasteiger partial charge in [0.2, 0.25) is 0 Å². The monoisotopic (exact) mass is 362 g/mol. The van der Waals surface area contributed by atoms with E-state index < -0.39 is 5.91 Å². The normalized spacial score (nSPS) is 10.5. The number of aryl methyl sites for hydroxylation is 2. The second kappa shape index (κ2) is 7.91. The van der Waals surface area contributed by atoms with E-state index in [0.29, 0.717) is 18.0 Å². The summed E-state index contributed by atoms with van der Waals surface area (Å²) in [5, 5.41) is 2.75. The maximum atomic E-state index is 12.8. The van der Waals surface area contributed by atoms with Crippen LogP contribution in [0.3, 0.4) is 0 Å². The number of nitrogens with one attached hydrogen (secondary N) is 1. The lowest BCUT2D eigenvalue weighted by atomic mass is 10.1. The Bertz CT molecular complexity index is 1040. The molecule has 1 N–H and O–H groups in total. The first-order valence-corrected chi connectivity index (χ1v) is 8.69. The number of aromatic nitrogens is 1. The molecule has 5 heteroatoms. The highest BCUT2D eigenvalue weighted by molar-refractivity contribution is 6.04. The number of carbonyl (C=O) groups excluding carboxylic acids is 1. The van der Waals surface area contributed by atoms with Gasteiger partial charge in [0.05, 0.1) is 13.7 Å². The lowest BCUT2D eigenvalue weighted by molar-refractivity contribution is 0.102. The van der Waals surface area contributed by atoms with Crippen LogP contribution in [0.2, 0.25) is 0 Å². The lowest BCUT2D eigenvalue weighted by Crippen LogP contribution is -2.29. The maximum Gasteiger partial charge on any atom is 0.263 e. The number of hydrogen-bond acceptors (Lipinski definition) is 3. The van der Waals surface area contributed by atoms with E-state index in [0.717, 1.165) is 16.7 Å². The SMILES string of the molecule is COc1cccc(NC(=O)c2cccn(Cc3cc(C)ccc3C)c2=O)c1. The van der Waals surface area contributed by atoms with Gasteiger partial charge < -0.3 is 14.6 Å². The number of methoxy groups -OCH3 is 1. The van der Waals surface area contributed by atoms with Crippen molar-refractivity contribution in [1.82, 2.24) is 4.57 Å². The smallest absolute Gasteiger partial charge is 0.263 e. The van der Waals surface area contributed by atoms with Gasteiger partial charge in [0.1, 0.15) is 11.3 Å². The lowest BCUT2D eigenvalue weighted by Gasteiger charge is -2.11. The van der Waals surface area contributed by atoms with E-state index in [9.17, 15) is 9.59 Å². The van der Waals surface area contributed by atoms with E-state index in [4.69, 9.17) is 4.74 Å². The van der Waals surface area contributed by atoms with Crippen LogP contribution in [0.15, 0.2) is 65.6 Å². The fourth-order valence-electron chi connectivity index (χ4n) is 2.89. The number of anilines is 1. The van der Waals surface area contributed by atoms with Gasteiger partial charge in [0.25, 0.3) is 11.5 Å². The van der Waals surface area contributed by atoms with Gasteiger partial charge in [-0.3, -0.25) is 9.59 Å². The predicted octanol–water partition coefficient (Wildman–Crippen LogP) is 3.77. The predicted molar refractivity (Wildman–Crippen MR) is 107 cm³/mol. The second-order valence-electron chi connectivity index (χ2n) is 6.47. The highest BCUT2D eigenvalue weighted by atomic mass is 16.5.